The zero-order chi connectivity index (χ0) is 13.2. The van der Waals surface area contributed by atoms with Crippen molar-refractivity contribution in [3.8, 4) is 0 Å². The second-order valence-electron chi connectivity index (χ2n) is 5.43. The number of halogens is 1. The van der Waals surface area contributed by atoms with Crippen molar-refractivity contribution in [2.45, 2.75) is 31.0 Å². The molecular formula is C15H21FN2O. The molecule has 1 heterocycles. The molecule has 1 aromatic carbocycles. The maximum Gasteiger partial charge on any atom is 0.123 e. The van der Waals surface area contributed by atoms with Crippen LogP contribution in [-0.4, -0.2) is 43.8 Å². The summed E-state index contributed by atoms with van der Waals surface area (Å²) in [5, 5.41) is 3.20. The Morgan fingerprint density at radius 3 is 2.68 bits per heavy atom. The number of ether oxygens (including phenoxy) is 1. The van der Waals surface area contributed by atoms with Gasteiger partial charge in [-0.2, -0.15) is 0 Å². The SMILES string of the molecule is CNCC1OCCN(C2CC2)C1c1ccc(F)cc1. The third kappa shape index (κ3) is 2.81. The van der Waals surface area contributed by atoms with Crippen LogP contribution in [0.3, 0.4) is 0 Å². The minimum Gasteiger partial charge on any atom is -0.374 e. The average molecular weight is 264 g/mol. The first-order valence-electron chi connectivity index (χ1n) is 7.07. The minimum absolute atomic E-state index is 0.143. The molecule has 1 saturated heterocycles. The van der Waals surface area contributed by atoms with Crippen LogP contribution in [0.2, 0.25) is 0 Å². The molecule has 0 amide bonds. The highest BCUT2D eigenvalue weighted by Gasteiger charge is 2.40. The van der Waals surface area contributed by atoms with Gasteiger partial charge in [-0.25, -0.2) is 4.39 Å². The van der Waals surface area contributed by atoms with Gasteiger partial charge in [0.2, 0.25) is 0 Å². The van der Waals surface area contributed by atoms with Gasteiger partial charge in [0.05, 0.1) is 18.8 Å². The summed E-state index contributed by atoms with van der Waals surface area (Å²) in [5.41, 5.74) is 1.16. The molecule has 3 rings (SSSR count). The van der Waals surface area contributed by atoms with E-state index in [1.807, 2.05) is 19.2 Å². The minimum atomic E-state index is -0.177. The molecule has 1 aliphatic carbocycles. The van der Waals surface area contributed by atoms with Crippen LogP contribution in [0.1, 0.15) is 24.4 Å². The molecule has 4 heteroatoms. The smallest absolute Gasteiger partial charge is 0.123 e. The fourth-order valence-electron chi connectivity index (χ4n) is 3.01. The van der Waals surface area contributed by atoms with Gasteiger partial charge >= 0.3 is 0 Å². The average Bonchev–Trinajstić information content (AvgIpc) is 3.24. The van der Waals surface area contributed by atoms with Crippen LogP contribution < -0.4 is 5.32 Å². The van der Waals surface area contributed by atoms with Gasteiger partial charge in [-0.05, 0) is 37.6 Å². The fraction of sp³-hybridized carbons (Fsp3) is 0.600. The van der Waals surface area contributed by atoms with Crippen molar-refractivity contribution in [2.24, 2.45) is 0 Å². The first-order valence-corrected chi connectivity index (χ1v) is 7.07. The summed E-state index contributed by atoms with van der Waals surface area (Å²) in [4.78, 5) is 2.54. The molecule has 3 nitrogen and oxygen atoms in total. The molecule has 1 aromatic rings. The van der Waals surface area contributed by atoms with Crippen LogP contribution in [-0.2, 0) is 4.74 Å². The summed E-state index contributed by atoms with van der Waals surface area (Å²) < 4.78 is 19.0. The van der Waals surface area contributed by atoms with Crippen LogP contribution in [0, 0.1) is 5.82 Å². The first-order chi connectivity index (χ1) is 9.29. The zero-order valence-electron chi connectivity index (χ0n) is 11.3. The van der Waals surface area contributed by atoms with Crippen molar-refractivity contribution in [1.29, 1.82) is 0 Å². The molecule has 0 aromatic heterocycles. The van der Waals surface area contributed by atoms with E-state index >= 15 is 0 Å². The van der Waals surface area contributed by atoms with Crippen molar-refractivity contribution in [1.82, 2.24) is 10.2 Å². The lowest BCUT2D eigenvalue weighted by atomic mass is 9.97. The van der Waals surface area contributed by atoms with Gasteiger partial charge in [0.1, 0.15) is 5.82 Å². The van der Waals surface area contributed by atoms with Gasteiger partial charge in [0, 0.05) is 19.1 Å². The number of nitrogens with zero attached hydrogens (tertiary/aromatic N) is 1. The quantitative estimate of drug-likeness (QED) is 0.899. The van der Waals surface area contributed by atoms with Gasteiger partial charge in [0.25, 0.3) is 0 Å². The highest BCUT2D eigenvalue weighted by atomic mass is 19.1. The Balaban J connectivity index is 1.87. The van der Waals surface area contributed by atoms with Crippen molar-refractivity contribution in [3.05, 3.63) is 35.6 Å². The first kappa shape index (κ1) is 13.0. The fourth-order valence-corrected chi connectivity index (χ4v) is 3.01. The summed E-state index contributed by atoms with van der Waals surface area (Å²) in [6, 6.07) is 7.82. The van der Waals surface area contributed by atoms with Crippen LogP contribution >= 0.6 is 0 Å². The number of nitrogens with one attached hydrogen (secondary N) is 1. The maximum absolute atomic E-state index is 13.1. The van der Waals surface area contributed by atoms with Crippen molar-refractivity contribution in [2.75, 3.05) is 26.7 Å². The lowest BCUT2D eigenvalue weighted by molar-refractivity contribution is -0.0740. The Labute approximate surface area is 113 Å². The Kier molecular flexibility index (Phi) is 3.82. The Bertz CT molecular complexity index is 417. The van der Waals surface area contributed by atoms with E-state index in [2.05, 4.69) is 10.2 Å². The van der Waals surface area contributed by atoms with E-state index in [4.69, 9.17) is 4.74 Å². The van der Waals surface area contributed by atoms with Gasteiger partial charge in [-0.3, -0.25) is 4.90 Å². The molecule has 0 bridgehead atoms. The van der Waals surface area contributed by atoms with Crippen LogP contribution in [0.15, 0.2) is 24.3 Å². The zero-order valence-corrected chi connectivity index (χ0v) is 11.3. The Morgan fingerprint density at radius 1 is 1.32 bits per heavy atom. The van der Waals surface area contributed by atoms with E-state index in [1.165, 1.54) is 12.8 Å². The van der Waals surface area contributed by atoms with Gasteiger partial charge in [0.15, 0.2) is 0 Å². The molecule has 104 valence electrons. The molecule has 2 unspecified atom stereocenters. The highest BCUT2D eigenvalue weighted by molar-refractivity contribution is 5.22. The van der Waals surface area contributed by atoms with Crippen molar-refractivity contribution < 1.29 is 9.13 Å². The third-order valence-electron chi connectivity index (χ3n) is 4.02. The lowest BCUT2D eigenvalue weighted by Gasteiger charge is -2.42. The van der Waals surface area contributed by atoms with Crippen LogP contribution in [0.4, 0.5) is 4.39 Å². The van der Waals surface area contributed by atoms with E-state index in [9.17, 15) is 4.39 Å². The summed E-state index contributed by atoms with van der Waals surface area (Å²) in [5.74, 6) is -0.177. The number of rotatable bonds is 4. The summed E-state index contributed by atoms with van der Waals surface area (Å²) in [6.45, 7) is 2.60. The van der Waals surface area contributed by atoms with Gasteiger partial charge < -0.3 is 10.1 Å². The molecule has 0 spiro atoms. The molecule has 1 saturated carbocycles. The number of morpholine rings is 1. The third-order valence-corrected chi connectivity index (χ3v) is 4.02. The predicted molar refractivity (Wildman–Crippen MR) is 72.5 cm³/mol. The molecule has 2 atom stereocenters. The van der Waals surface area contributed by atoms with E-state index in [0.29, 0.717) is 6.04 Å². The molecule has 2 aliphatic rings. The van der Waals surface area contributed by atoms with E-state index in [-0.39, 0.29) is 18.0 Å². The number of benzene rings is 1. The standard InChI is InChI=1S/C15H21FN2O/c1-17-10-14-15(11-2-4-12(16)5-3-11)18(8-9-19-14)13-6-7-13/h2-5,13-15,17H,6-10H2,1H3. The Morgan fingerprint density at radius 2 is 2.05 bits per heavy atom. The highest BCUT2D eigenvalue weighted by Crippen LogP contribution is 2.38. The molecule has 1 aliphatic heterocycles. The van der Waals surface area contributed by atoms with Crippen molar-refractivity contribution in [3.63, 3.8) is 0 Å². The predicted octanol–water partition coefficient (Wildman–Crippen LogP) is 1.95. The lowest BCUT2D eigenvalue weighted by Crippen LogP contribution is -2.49. The number of hydrogen-bond donors (Lipinski definition) is 1. The Hall–Kier alpha value is -0.970. The summed E-state index contributed by atoms with van der Waals surface area (Å²) >= 11 is 0. The monoisotopic (exact) mass is 264 g/mol. The van der Waals surface area contributed by atoms with Gasteiger partial charge in [-0.15, -0.1) is 0 Å². The van der Waals surface area contributed by atoms with E-state index < -0.39 is 0 Å². The van der Waals surface area contributed by atoms with Crippen molar-refractivity contribution >= 4 is 0 Å². The maximum atomic E-state index is 13.1. The number of likely N-dealkylation sites (N-methyl/N-ethyl adjacent to an activating group) is 1. The summed E-state index contributed by atoms with van der Waals surface area (Å²) in [7, 11) is 1.95. The van der Waals surface area contributed by atoms with E-state index in [1.54, 1.807) is 12.1 Å². The molecule has 1 N–H and O–H groups in total. The largest absolute Gasteiger partial charge is 0.374 e. The normalized spacial score (nSPS) is 28.5. The second-order valence-corrected chi connectivity index (χ2v) is 5.43. The second kappa shape index (κ2) is 5.57. The molecule has 0 radical (unpaired) electrons. The molecular weight excluding hydrogens is 243 g/mol. The molecule has 19 heavy (non-hydrogen) atoms. The van der Waals surface area contributed by atoms with Crippen LogP contribution in [0.5, 0.6) is 0 Å². The van der Waals surface area contributed by atoms with Crippen LogP contribution in [0.25, 0.3) is 0 Å². The van der Waals surface area contributed by atoms with E-state index in [0.717, 1.165) is 25.3 Å². The summed E-state index contributed by atoms with van der Waals surface area (Å²) in [6.07, 6.45) is 2.71. The molecule has 2 fully saturated rings. The number of hydrogen-bond acceptors (Lipinski definition) is 3. The topological polar surface area (TPSA) is 24.5 Å². The van der Waals surface area contributed by atoms with Gasteiger partial charge in [-0.1, -0.05) is 12.1 Å².